The number of carbonyl (C=O) groups is 2. The average Bonchev–Trinajstić information content (AvgIpc) is 1.85. The minimum atomic E-state index is -0.833. The van der Waals surface area contributed by atoms with E-state index >= 15 is 0 Å². The molecule has 0 rings (SSSR count). The molecular formula is C6H13N3O3. The van der Waals surface area contributed by atoms with Gasteiger partial charge in [0.15, 0.2) is 0 Å². The molecule has 0 aliphatic heterocycles. The third-order valence-corrected chi connectivity index (χ3v) is 0.835. The molecule has 0 unspecified atom stereocenters. The van der Waals surface area contributed by atoms with Crippen molar-refractivity contribution in [3.05, 3.63) is 0 Å². The van der Waals surface area contributed by atoms with Crippen molar-refractivity contribution < 1.29 is 14.3 Å². The maximum Gasteiger partial charge on any atom is 0.432 e. The van der Waals surface area contributed by atoms with Crippen molar-refractivity contribution in [1.82, 2.24) is 10.5 Å². The molecular weight excluding hydrogens is 162 g/mol. The lowest BCUT2D eigenvalue weighted by molar-refractivity contribution is -0.120. The molecule has 0 aromatic heterocycles. The summed E-state index contributed by atoms with van der Waals surface area (Å²) in [4.78, 5) is 21.1. The fourth-order valence-electron chi connectivity index (χ4n) is 0.437. The molecule has 0 atom stereocenters. The largest absolute Gasteiger partial charge is 0.442 e. The van der Waals surface area contributed by atoms with Gasteiger partial charge < -0.3 is 4.74 Å². The number of carbonyl (C=O) groups excluding carboxylic acids is 2. The number of amides is 2. The van der Waals surface area contributed by atoms with Crippen LogP contribution < -0.4 is 11.4 Å². The summed E-state index contributed by atoms with van der Waals surface area (Å²) in [5, 5.41) is 0.505. The molecule has 12 heavy (non-hydrogen) atoms. The predicted octanol–water partition coefficient (Wildman–Crippen LogP) is -0.242. The third-order valence-electron chi connectivity index (χ3n) is 0.835. The van der Waals surface area contributed by atoms with E-state index in [1.165, 1.54) is 0 Å². The van der Waals surface area contributed by atoms with Gasteiger partial charge in [-0.15, -0.1) is 0 Å². The monoisotopic (exact) mass is 175 g/mol. The zero-order valence-corrected chi connectivity index (χ0v) is 7.33. The Morgan fingerprint density at radius 3 is 2.33 bits per heavy atom. The van der Waals surface area contributed by atoms with Gasteiger partial charge in [0.1, 0.15) is 5.60 Å². The van der Waals surface area contributed by atoms with Crippen LogP contribution in [0.25, 0.3) is 0 Å². The fourth-order valence-corrected chi connectivity index (χ4v) is 0.437. The van der Waals surface area contributed by atoms with E-state index in [1.54, 1.807) is 20.8 Å². The summed E-state index contributed by atoms with van der Waals surface area (Å²) in [6.07, 6.45) is -0.603. The van der Waals surface area contributed by atoms with E-state index in [-0.39, 0.29) is 6.41 Å². The van der Waals surface area contributed by atoms with Crippen molar-refractivity contribution in [3.8, 4) is 0 Å². The van der Waals surface area contributed by atoms with Crippen LogP contribution in [0.15, 0.2) is 0 Å². The van der Waals surface area contributed by atoms with Crippen LogP contribution in [0.1, 0.15) is 20.8 Å². The zero-order valence-electron chi connectivity index (χ0n) is 7.33. The second-order valence-corrected chi connectivity index (χ2v) is 3.08. The molecule has 0 saturated carbocycles. The first-order valence-corrected chi connectivity index (χ1v) is 3.34. The van der Waals surface area contributed by atoms with Crippen molar-refractivity contribution in [3.63, 3.8) is 0 Å². The van der Waals surface area contributed by atoms with Crippen molar-refractivity contribution in [2.24, 2.45) is 5.84 Å². The number of nitrogens with zero attached hydrogens (tertiary/aromatic N) is 1. The minimum absolute atomic E-state index is 0.230. The topological polar surface area (TPSA) is 84.7 Å². The van der Waals surface area contributed by atoms with Crippen molar-refractivity contribution in [2.45, 2.75) is 26.4 Å². The van der Waals surface area contributed by atoms with Crippen molar-refractivity contribution in [2.75, 3.05) is 0 Å². The van der Waals surface area contributed by atoms with Gasteiger partial charge >= 0.3 is 6.09 Å². The molecule has 0 saturated heterocycles. The van der Waals surface area contributed by atoms with E-state index in [9.17, 15) is 9.59 Å². The summed E-state index contributed by atoms with van der Waals surface area (Å²) in [7, 11) is 0. The Morgan fingerprint density at radius 1 is 1.58 bits per heavy atom. The molecule has 0 spiro atoms. The van der Waals surface area contributed by atoms with Gasteiger partial charge in [-0.2, -0.15) is 10.5 Å². The molecule has 0 heterocycles. The fraction of sp³-hybridized carbons (Fsp3) is 0.667. The van der Waals surface area contributed by atoms with Crippen LogP contribution in [0.2, 0.25) is 0 Å². The van der Waals surface area contributed by atoms with Gasteiger partial charge in [-0.3, -0.25) is 10.6 Å². The predicted molar refractivity (Wildman–Crippen MR) is 41.5 cm³/mol. The number of ether oxygens (including phenoxy) is 1. The lowest BCUT2D eigenvalue weighted by Gasteiger charge is -2.22. The summed E-state index contributed by atoms with van der Waals surface area (Å²) in [6.45, 7) is 5.05. The maximum atomic E-state index is 11.0. The molecule has 3 N–H and O–H groups in total. The lowest BCUT2D eigenvalue weighted by Crippen LogP contribution is -2.48. The highest BCUT2D eigenvalue weighted by Gasteiger charge is 2.20. The SMILES string of the molecule is CC(C)(C)OC(=O)N(C=O)NN. The average molecular weight is 175 g/mol. The Morgan fingerprint density at radius 2 is 2.08 bits per heavy atom. The van der Waals surface area contributed by atoms with Crippen LogP contribution in [-0.2, 0) is 9.53 Å². The van der Waals surface area contributed by atoms with Crippen LogP contribution in [0.4, 0.5) is 4.79 Å². The van der Waals surface area contributed by atoms with E-state index in [4.69, 9.17) is 10.6 Å². The third kappa shape index (κ3) is 3.89. The van der Waals surface area contributed by atoms with E-state index in [1.807, 2.05) is 5.53 Å². The Bertz CT molecular complexity index is 175. The summed E-state index contributed by atoms with van der Waals surface area (Å²) in [6, 6.07) is 0. The molecule has 0 bridgehead atoms. The number of nitrogens with one attached hydrogen (secondary N) is 1. The minimum Gasteiger partial charge on any atom is -0.442 e. The number of rotatable bonds is 2. The van der Waals surface area contributed by atoms with Crippen molar-refractivity contribution >= 4 is 12.5 Å². The zero-order chi connectivity index (χ0) is 9.78. The highest BCUT2D eigenvalue weighted by atomic mass is 16.6. The summed E-state index contributed by atoms with van der Waals surface area (Å²) in [5.74, 6) is 4.85. The number of hydrogen-bond donors (Lipinski definition) is 2. The molecule has 6 heteroatoms. The highest BCUT2D eigenvalue weighted by Crippen LogP contribution is 2.07. The first kappa shape index (κ1) is 10.9. The smallest absolute Gasteiger partial charge is 0.432 e. The Balaban J connectivity index is 4.11. The van der Waals surface area contributed by atoms with Crippen LogP contribution >= 0.6 is 0 Å². The highest BCUT2D eigenvalue weighted by molar-refractivity contribution is 5.79. The van der Waals surface area contributed by atoms with Crippen LogP contribution in [0.5, 0.6) is 0 Å². The van der Waals surface area contributed by atoms with E-state index in [0.717, 1.165) is 0 Å². The van der Waals surface area contributed by atoms with Crippen LogP contribution in [0.3, 0.4) is 0 Å². The van der Waals surface area contributed by atoms with E-state index < -0.39 is 11.7 Å². The van der Waals surface area contributed by atoms with Gasteiger partial charge in [0.25, 0.3) is 0 Å². The van der Waals surface area contributed by atoms with Gasteiger partial charge in [0.05, 0.1) is 0 Å². The number of imide groups is 1. The maximum absolute atomic E-state index is 11.0. The van der Waals surface area contributed by atoms with Crippen LogP contribution in [-0.4, -0.2) is 23.1 Å². The molecule has 0 aromatic carbocycles. The first-order chi connectivity index (χ1) is 5.40. The number of hydrogen-bond acceptors (Lipinski definition) is 5. The molecule has 0 radical (unpaired) electrons. The Labute approximate surface area is 70.6 Å². The van der Waals surface area contributed by atoms with Gasteiger partial charge in [0, 0.05) is 0 Å². The molecule has 70 valence electrons. The van der Waals surface area contributed by atoms with Crippen LogP contribution in [0, 0.1) is 0 Å². The summed E-state index contributed by atoms with van der Waals surface area (Å²) < 4.78 is 4.79. The second-order valence-electron chi connectivity index (χ2n) is 3.08. The molecule has 0 fully saturated rings. The molecule has 0 aliphatic carbocycles. The first-order valence-electron chi connectivity index (χ1n) is 3.34. The van der Waals surface area contributed by atoms with E-state index in [0.29, 0.717) is 5.01 Å². The quantitative estimate of drug-likeness (QED) is 0.343. The lowest BCUT2D eigenvalue weighted by atomic mass is 10.2. The Kier molecular flexibility index (Phi) is 3.65. The van der Waals surface area contributed by atoms with E-state index in [2.05, 4.69) is 0 Å². The van der Waals surface area contributed by atoms with Gasteiger partial charge in [-0.1, -0.05) is 0 Å². The van der Waals surface area contributed by atoms with Gasteiger partial charge in [-0.05, 0) is 20.8 Å². The standard InChI is InChI=1S/C6H13N3O3/c1-6(2,3)12-5(11)9(4-10)8-7/h4,8H,7H2,1-3H3. The number of nitrogens with two attached hydrogens (primary N) is 1. The molecule has 0 aliphatic rings. The molecule has 0 aromatic rings. The molecule has 2 amide bonds. The number of hydrazine groups is 2. The van der Waals surface area contributed by atoms with Gasteiger partial charge in [-0.25, -0.2) is 4.79 Å². The summed E-state index contributed by atoms with van der Waals surface area (Å²) in [5.41, 5.74) is 1.22. The second kappa shape index (κ2) is 4.03. The van der Waals surface area contributed by atoms with Gasteiger partial charge in [0.2, 0.25) is 6.41 Å². The Hall–Kier alpha value is -1.14. The van der Waals surface area contributed by atoms with Crippen molar-refractivity contribution in [1.29, 1.82) is 0 Å². The summed E-state index contributed by atoms with van der Waals surface area (Å²) >= 11 is 0. The normalized spacial score (nSPS) is 10.7. The molecule has 6 nitrogen and oxygen atoms in total.